The average molecular weight is 410 g/mol. The molecule has 5 nitrogen and oxygen atoms in total. The van der Waals surface area contributed by atoms with Gasteiger partial charge < -0.3 is 10.6 Å². The molecule has 2 aromatic heterocycles. The van der Waals surface area contributed by atoms with Crippen molar-refractivity contribution in [2.24, 2.45) is 5.92 Å². The van der Waals surface area contributed by atoms with Gasteiger partial charge in [-0.3, -0.25) is 9.59 Å². The number of halogens is 4. The molecule has 1 aliphatic rings. The highest BCUT2D eigenvalue weighted by molar-refractivity contribution is 7.20. The van der Waals surface area contributed by atoms with Crippen molar-refractivity contribution < 1.29 is 22.8 Å². The van der Waals surface area contributed by atoms with Gasteiger partial charge in [-0.2, -0.15) is 13.2 Å². The normalized spacial score (nSPS) is 21.0. The van der Waals surface area contributed by atoms with Gasteiger partial charge in [0.15, 0.2) is 5.13 Å². The minimum absolute atomic E-state index is 0.166. The van der Waals surface area contributed by atoms with Gasteiger partial charge in [0.05, 0.1) is 14.9 Å². The van der Waals surface area contributed by atoms with Crippen LogP contribution in [-0.4, -0.2) is 29.0 Å². The first-order valence-corrected chi connectivity index (χ1v) is 9.20. The Morgan fingerprint density at radius 2 is 2.12 bits per heavy atom. The van der Waals surface area contributed by atoms with E-state index < -0.39 is 30.0 Å². The zero-order chi connectivity index (χ0) is 18.2. The molecular formula is C14H11ClF3N3O2S2. The van der Waals surface area contributed by atoms with Gasteiger partial charge in [0.1, 0.15) is 12.0 Å². The number of rotatable bonds is 3. The van der Waals surface area contributed by atoms with Crippen LogP contribution in [0.25, 0.3) is 10.6 Å². The Bertz CT molecular complexity index is 805. The van der Waals surface area contributed by atoms with Gasteiger partial charge in [-0.1, -0.05) is 11.6 Å². The molecule has 3 rings (SSSR count). The molecule has 1 fully saturated rings. The molecule has 0 aliphatic carbocycles. The highest BCUT2D eigenvalue weighted by Gasteiger charge is 2.45. The zero-order valence-electron chi connectivity index (χ0n) is 12.4. The van der Waals surface area contributed by atoms with Crippen molar-refractivity contribution in [3.63, 3.8) is 0 Å². The SMILES string of the molecule is O=C(Nc1nc(-c2ccc(Cl)s2)cs1)[C@@H]1CC[C@H](C(F)(F)F)NC1=O. The first kappa shape index (κ1) is 18.2. The van der Waals surface area contributed by atoms with E-state index in [-0.39, 0.29) is 18.0 Å². The van der Waals surface area contributed by atoms with E-state index in [4.69, 9.17) is 11.6 Å². The second-order valence-corrected chi connectivity index (χ2v) is 7.94. The summed E-state index contributed by atoms with van der Waals surface area (Å²) in [5.41, 5.74) is 0.627. The van der Waals surface area contributed by atoms with Crippen LogP contribution < -0.4 is 10.6 Å². The number of carbonyl (C=O) groups excluding carboxylic acids is 2. The van der Waals surface area contributed by atoms with Crippen LogP contribution >= 0.6 is 34.3 Å². The van der Waals surface area contributed by atoms with Crippen molar-refractivity contribution in [1.29, 1.82) is 0 Å². The Morgan fingerprint density at radius 3 is 2.72 bits per heavy atom. The standard InChI is InChI=1S/C14H11ClF3N3O2S2/c15-10-4-2-8(25-10)7-5-24-13(19-7)21-12(23)6-1-3-9(14(16,17)18)20-11(6)22/h2,4-6,9H,1,3H2,(H,20,22)(H,19,21,23)/t6-,9-/m1/s1. The third kappa shape index (κ3) is 4.13. The summed E-state index contributed by atoms with van der Waals surface area (Å²) in [5.74, 6) is -2.75. The van der Waals surface area contributed by atoms with Crippen LogP contribution in [0.4, 0.5) is 18.3 Å². The van der Waals surface area contributed by atoms with Crippen molar-refractivity contribution in [2.75, 3.05) is 5.32 Å². The lowest BCUT2D eigenvalue weighted by molar-refractivity contribution is -0.170. The molecule has 3 heterocycles. The number of thiazole rings is 1. The van der Waals surface area contributed by atoms with Gasteiger partial charge in [0.2, 0.25) is 11.8 Å². The molecule has 0 spiro atoms. The van der Waals surface area contributed by atoms with Crippen molar-refractivity contribution >= 4 is 51.2 Å². The maximum Gasteiger partial charge on any atom is 0.408 e. The Balaban J connectivity index is 1.63. The molecule has 0 radical (unpaired) electrons. The molecule has 1 aliphatic heterocycles. The number of hydrogen-bond donors (Lipinski definition) is 2. The Labute approximate surface area is 153 Å². The fourth-order valence-corrected chi connectivity index (χ4v) is 4.19. The molecule has 2 N–H and O–H groups in total. The van der Waals surface area contributed by atoms with E-state index in [1.54, 1.807) is 17.5 Å². The maximum absolute atomic E-state index is 12.6. The molecular weight excluding hydrogens is 399 g/mol. The first-order valence-electron chi connectivity index (χ1n) is 7.13. The van der Waals surface area contributed by atoms with E-state index in [0.717, 1.165) is 16.2 Å². The number of amides is 2. The minimum atomic E-state index is -4.51. The lowest BCUT2D eigenvalue weighted by atomic mass is 9.93. The van der Waals surface area contributed by atoms with Gasteiger partial charge in [0, 0.05) is 5.38 Å². The molecule has 134 valence electrons. The highest BCUT2D eigenvalue weighted by atomic mass is 35.5. The first-order chi connectivity index (χ1) is 11.7. The van der Waals surface area contributed by atoms with Gasteiger partial charge in [0.25, 0.3) is 0 Å². The Kier molecular flexibility index (Phi) is 5.03. The number of aromatic nitrogens is 1. The van der Waals surface area contributed by atoms with E-state index in [0.29, 0.717) is 10.0 Å². The van der Waals surface area contributed by atoms with E-state index in [2.05, 4.69) is 10.3 Å². The van der Waals surface area contributed by atoms with Crippen LogP contribution in [0, 0.1) is 5.92 Å². The van der Waals surface area contributed by atoms with Crippen LogP contribution in [0.5, 0.6) is 0 Å². The van der Waals surface area contributed by atoms with E-state index in [9.17, 15) is 22.8 Å². The number of carbonyl (C=O) groups is 2. The van der Waals surface area contributed by atoms with Crippen LogP contribution in [0.2, 0.25) is 4.34 Å². The highest BCUT2D eigenvalue weighted by Crippen LogP contribution is 2.33. The van der Waals surface area contributed by atoms with E-state index in [1.807, 2.05) is 5.32 Å². The van der Waals surface area contributed by atoms with Gasteiger partial charge >= 0.3 is 6.18 Å². The molecule has 0 bridgehead atoms. The molecule has 11 heteroatoms. The minimum Gasteiger partial charge on any atom is -0.344 e. The van der Waals surface area contributed by atoms with Gasteiger partial charge in [-0.15, -0.1) is 22.7 Å². The molecule has 25 heavy (non-hydrogen) atoms. The third-order valence-electron chi connectivity index (χ3n) is 3.65. The van der Waals surface area contributed by atoms with Crippen LogP contribution in [-0.2, 0) is 9.59 Å². The number of hydrogen-bond acceptors (Lipinski definition) is 5. The molecule has 1 saturated heterocycles. The zero-order valence-corrected chi connectivity index (χ0v) is 14.8. The molecule has 2 aromatic rings. The predicted molar refractivity (Wildman–Crippen MR) is 89.8 cm³/mol. The largest absolute Gasteiger partial charge is 0.408 e. The number of thiophene rings is 1. The van der Waals surface area contributed by atoms with Crippen molar-refractivity contribution in [3.05, 3.63) is 21.8 Å². The fraction of sp³-hybridized carbons (Fsp3) is 0.357. The second kappa shape index (κ2) is 6.93. The summed E-state index contributed by atoms with van der Waals surface area (Å²) in [6.07, 6.45) is -5.01. The number of nitrogens with zero attached hydrogens (tertiary/aromatic N) is 1. The van der Waals surface area contributed by atoms with Crippen molar-refractivity contribution in [3.8, 4) is 10.6 Å². The van der Waals surface area contributed by atoms with Gasteiger partial charge in [-0.05, 0) is 25.0 Å². The molecule has 2 atom stereocenters. The lowest BCUT2D eigenvalue weighted by Gasteiger charge is -2.29. The van der Waals surface area contributed by atoms with Gasteiger partial charge in [-0.25, -0.2) is 4.98 Å². The number of nitrogens with one attached hydrogen (secondary N) is 2. The maximum atomic E-state index is 12.6. The van der Waals surface area contributed by atoms with Crippen LogP contribution in [0.3, 0.4) is 0 Å². The summed E-state index contributed by atoms with van der Waals surface area (Å²) in [5, 5.41) is 6.34. The summed E-state index contributed by atoms with van der Waals surface area (Å²) in [7, 11) is 0. The topological polar surface area (TPSA) is 71.1 Å². The number of anilines is 1. The third-order valence-corrected chi connectivity index (χ3v) is 5.66. The number of piperidine rings is 1. The van der Waals surface area contributed by atoms with E-state index >= 15 is 0 Å². The smallest absolute Gasteiger partial charge is 0.344 e. The fourth-order valence-electron chi connectivity index (χ4n) is 2.39. The average Bonchev–Trinajstić information content (AvgIpc) is 3.15. The Morgan fingerprint density at radius 1 is 1.36 bits per heavy atom. The van der Waals surface area contributed by atoms with Crippen molar-refractivity contribution in [2.45, 2.75) is 25.1 Å². The summed E-state index contributed by atoms with van der Waals surface area (Å²) in [6.45, 7) is 0. The summed E-state index contributed by atoms with van der Waals surface area (Å²) in [4.78, 5) is 29.0. The summed E-state index contributed by atoms with van der Waals surface area (Å²) >= 11 is 8.35. The quantitative estimate of drug-likeness (QED) is 0.755. The molecule has 0 aromatic carbocycles. The molecule has 2 amide bonds. The van der Waals surface area contributed by atoms with Crippen LogP contribution in [0.15, 0.2) is 17.5 Å². The lowest BCUT2D eigenvalue weighted by Crippen LogP contribution is -2.53. The summed E-state index contributed by atoms with van der Waals surface area (Å²) < 4.78 is 38.5. The predicted octanol–water partition coefficient (Wildman–Crippen LogP) is 3.92. The van der Waals surface area contributed by atoms with Crippen LogP contribution in [0.1, 0.15) is 12.8 Å². The monoisotopic (exact) mass is 409 g/mol. The second-order valence-electron chi connectivity index (χ2n) is 5.36. The molecule has 0 saturated carbocycles. The van der Waals surface area contributed by atoms with Crippen molar-refractivity contribution in [1.82, 2.24) is 10.3 Å². The van der Waals surface area contributed by atoms with E-state index in [1.165, 1.54) is 11.3 Å². The number of alkyl halides is 3. The summed E-state index contributed by atoms with van der Waals surface area (Å²) in [6, 6.07) is 1.61. The Hall–Kier alpha value is -1.65. The molecule has 0 unspecified atom stereocenters.